The Kier molecular flexibility index (Phi) is 3.34. The highest BCUT2D eigenvalue weighted by Gasteiger charge is 2.66. The molecule has 19 heavy (non-hydrogen) atoms. The smallest absolute Gasteiger partial charge is 0.307 e. The number of carbonyl (C=O) groups excluding carboxylic acids is 1. The second kappa shape index (κ2) is 4.56. The zero-order valence-corrected chi connectivity index (χ0v) is 12.1. The maximum absolute atomic E-state index is 12.0. The van der Waals surface area contributed by atoms with Gasteiger partial charge in [-0.1, -0.05) is 39.0 Å². The predicted octanol–water partition coefficient (Wildman–Crippen LogP) is 1.96. The number of nitrogens with one attached hydrogen (secondary N) is 1. The van der Waals surface area contributed by atoms with Gasteiger partial charge in [0.05, 0.1) is 11.8 Å². The molecule has 0 spiro atoms. The lowest BCUT2D eigenvalue weighted by Crippen LogP contribution is -2.17. The Hall–Kier alpha value is -1.50. The lowest BCUT2D eigenvalue weighted by Gasteiger charge is -2.01. The number of aliphatic carboxylic acids is 1. The summed E-state index contributed by atoms with van der Waals surface area (Å²) in [6.07, 6.45) is 0. The van der Waals surface area contributed by atoms with E-state index in [-0.39, 0.29) is 11.8 Å². The van der Waals surface area contributed by atoms with Crippen LogP contribution >= 0.6 is 11.3 Å². The van der Waals surface area contributed by atoms with Crippen LogP contribution in [0.5, 0.6) is 0 Å². The fourth-order valence-electron chi connectivity index (χ4n) is 2.29. The summed E-state index contributed by atoms with van der Waals surface area (Å²) >= 11 is 1.32. The summed E-state index contributed by atoms with van der Waals surface area (Å²) in [6, 6.07) is 0. The summed E-state index contributed by atoms with van der Waals surface area (Å²) in [4.78, 5) is 23.1. The van der Waals surface area contributed by atoms with Crippen LogP contribution in [-0.4, -0.2) is 27.2 Å². The molecule has 2 N–H and O–H groups in total. The Morgan fingerprint density at radius 3 is 2.37 bits per heavy atom. The van der Waals surface area contributed by atoms with Crippen LogP contribution in [0.2, 0.25) is 0 Å². The van der Waals surface area contributed by atoms with Crippen LogP contribution in [0.1, 0.15) is 38.6 Å². The first-order chi connectivity index (χ1) is 8.75. The Balaban J connectivity index is 2.04. The summed E-state index contributed by atoms with van der Waals surface area (Å²) in [6.45, 7) is 7.57. The molecule has 1 aromatic rings. The van der Waals surface area contributed by atoms with E-state index in [2.05, 4.69) is 15.5 Å². The molecule has 7 heteroatoms. The minimum Gasteiger partial charge on any atom is -0.481 e. The van der Waals surface area contributed by atoms with E-state index >= 15 is 0 Å². The monoisotopic (exact) mass is 283 g/mol. The molecule has 1 heterocycles. The quantitative estimate of drug-likeness (QED) is 0.881. The first-order valence-corrected chi connectivity index (χ1v) is 6.94. The van der Waals surface area contributed by atoms with Crippen molar-refractivity contribution in [3.63, 3.8) is 0 Å². The molecule has 2 atom stereocenters. The van der Waals surface area contributed by atoms with E-state index in [4.69, 9.17) is 5.11 Å². The second-order valence-corrected chi connectivity index (χ2v) is 6.71. The number of amides is 1. The third kappa shape index (κ3) is 2.47. The van der Waals surface area contributed by atoms with Gasteiger partial charge in [0.2, 0.25) is 11.0 Å². The van der Waals surface area contributed by atoms with Crippen molar-refractivity contribution >= 4 is 28.3 Å². The van der Waals surface area contributed by atoms with Crippen molar-refractivity contribution < 1.29 is 14.7 Å². The number of aromatic nitrogens is 2. The number of hydrogen-bond donors (Lipinski definition) is 2. The van der Waals surface area contributed by atoms with Gasteiger partial charge < -0.3 is 10.4 Å². The molecule has 1 saturated carbocycles. The third-order valence-electron chi connectivity index (χ3n) is 3.54. The van der Waals surface area contributed by atoms with Crippen LogP contribution in [0.4, 0.5) is 5.13 Å². The SMILES string of the molecule is CC(C)c1nnc(NC(=O)[C@@H]2[C@@H](C(=O)O)C2(C)C)s1. The summed E-state index contributed by atoms with van der Waals surface area (Å²) in [5, 5.41) is 20.9. The topological polar surface area (TPSA) is 92.2 Å². The van der Waals surface area contributed by atoms with E-state index in [9.17, 15) is 9.59 Å². The molecule has 0 saturated heterocycles. The van der Waals surface area contributed by atoms with Crippen LogP contribution in [0.25, 0.3) is 0 Å². The predicted molar refractivity (Wildman–Crippen MR) is 71.0 cm³/mol. The van der Waals surface area contributed by atoms with Gasteiger partial charge in [0.15, 0.2) is 0 Å². The summed E-state index contributed by atoms with van der Waals surface area (Å²) in [5.74, 6) is -2.08. The number of hydrogen-bond acceptors (Lipinski definition) is 5. The summed E-state index contributed by atoms with van der Waals surface area (Å²) in [7, 11) is 0. The van der Waals surface area contributed by atoms with E-state index in [1.807, 2.05) is 13.8 Å². The lowest BCUT2D eigenvalue weighted by molar-refractivity contribution is -0.140. The van der Waals surface area contributed by atoms with Crippen LogP contribution in [0, 0.1) is 17.3 Å². The molecule has 1 aliphatic rings. The zero-order valence-electron chi connectivity index (χ0n) is 11.3. The van der Waals surface area contributed by atoms with Crippen LogP contribution in [-0.2, 0) is 9.59 Å². The molecule has 6 nitrogen and oxygen atoms in total. The maximum atomic E-state index is 12.0. The van der Waals surface area contributed by atoms with Crippen LogP contribution in [0.3, 0.4) is 0 Å². The third-order valence-corrected chi connectivity index (χ3v) is 4.68. The van der Waals surface area contributed by atoms with Crippen molar-refractivity contribution in [2.75, 3.05) is 5.32 Å². The van der Waals surface area contributed by atoms with Gasteiger partial charge in [-0.25, -0.2) is 0 Å². The largest absolute Gasteiger partial charge is 0.481 e. The molecule has 1 amide bonds. The standard InChI is InChI=1S/C12H17N3O3S/c1-5(2)9-14-15-11(19-9)13-8(16)6-7(10(17)18)12(6,3)4/h5-7H,1-4H3,(H,17,18)(H,13,15,16)/t6-,7-/m0/s1. The second-order valence-electron chi connectivity index (χ2n) is 5.70. The maximum Gasteiger partial charge on any atom is 0.307 e. The molecule has 0 bridgehead atoms. The number of nitrogens with zero attached hydrogens (tertiary/aromatic N) is 2. The fraction of sp³-hybridized carbons (Fsp3) is 0.667. The first-order valence-electron chi connectivity index (χ1n) is 6.12. The van der Waals surface area contributed by atoms with E-state index in [1.54, 1.807) is 13.8 Å². The molecular formula is C12H17N3O3S. The number of carboxylic acid groups (broad SMARTS) is 1. The normalized spacial score (nSPS) is 24.3. The van der Waals surface area contributed by atoms with E-state index in [1.165, 1.54) is 11.3 Å². The summed E-state index contributed by atoms with van der Waals surface area (Å²) < 4.78 is 0. The van der Waals surface area contributed by atoms with E-state index in [0.717, 1.165) is 5.01 Å². The minimum absolute atomic E-state index is 0.257. The van der Waals surface area contributed by atoms with Gasteiger partial charge in [0.1, 0.15) is 5.01 Å². The molecule has 1 fully saturated rings. The number of carboxylic acids is 1. The van der Waals surface area contributed by atoms with E-state index < -0.39 is 23.2 Å². The highest BCUT2D eigenvalue weighted by molar-refractivity contribution is 7.15. The molecule has 0 aliphatic heterocycles. The molecule has 0 unspecified atom stereocenters. The zero-order chi connectivity index (χ0) is 14.4. The molecule has 1 aromatic heterocycles. The Bertz CT molecular complexity index is 524. The highest BCUT2D eigenvalue weighted by Crippen LogP contribution is 2.58. The molecular weight excluding hydrogens is 266 g/mol. The van der Waals surface area contributed by atoms with E-state index in [0.29, 0.717) is 5.13 Å². The average molecular weight is 283 g/mol. The fourth-order valence-corrected chi connectivity index (χ4v) is 3.04. The number of anilines is 1. The van der Waals surface area contributed by atoms with Gasteiger partial charge in [0, 0.05) is 5.92 Å². The van der Waals surface area contributed by atoms with Crippen molar-refractivity contribution in [2.24, 2.45) is 17.3 Å². The van der Waals surface area contributed by atoms with Crippen molar-refractivity contribution in [1.29, 1.82) is 0 Å². The first kappa shape index (κ1) is 13.9. The Labute approximate surface area is 115 Å². The Morgan fingerprint density at radius 2 is 1.95 bits per heavy atom. The molecule has 2 rings (SSSR count). The van der Waals surface area contributed by atoms with Crippen molar-refractivity contribution in [2.45, 2.75) is 33.6 Å². The lowest BCUT2D eigenvalue weighted by atomic mass is 10.1. The van der Waals surface area contributed by atoms with Gasteiger partial charge >= 0.3 is 5.97 Å². The van der Waals surface area contributed by atoms with Crippen LogP contribution < -0.4 is 5.32 Å². The van der Waals surface area contributed by atoms with Gasteiger partial charge in [-0.05, 0) is 5.41 Å². The molecule has 0 radical (unpaired) electrons. The molecule has 1 aliphatic carbocycles. The van der Waals surface area contributed by atoms with Gasteiger partial charge in [0.25, 0.3) is 0 Å². The van der Waals surface area contributed by atoms with Gasteiger partial charge in [-0.3, -0.25) is 9.59 Å². The number of rotatable bonds is 4. The van der Waals surface area contributed by atoms with Crippen LogP contribution in [0.15, 0.2) is 0 Å². The summed E-state index contributed by atoms with van der Waals surface area (Å²) in [5.41, 5.74) is -0.499. The minimum atomic E-state index is -0.926. The molecule has 104 valence electrons. The van der Waals surface area contributed by atoms with Crippen molar-refractivity contribution in [1.82, 2.24) is 10.2 Å². The van der Waals surface area contributed by atoms with Gasteiger partial charge in [-0.15, -0.1) is 10.2 Å². The Morgan fingerprint density at radius 1 is 1.32 bits per heavy atom. The van der Waals surface area contributed by atoms with Crippen molar-refractivity contribution in [3.8, 4) is 0 Å². The van der Waals surface area contributed by atoms with Crippen molar-refractivity contribution in [3.05, 3.63) is 5.01 Å². The highest BCUT2D eigenvalue weighted by atomic mass is 32.1. The van der Waals surface area contributed by atoms with Gasteiger partial charge in [-0.2, -0.15) is 0 Å². The number of carbonyl (C=O) groups is 2. The molecule has 0 aromatic carbocycles. The average Bonchev–Trinajstić information content (AvgIpc) is 2.67.